The van der Waals surface area contributed by atoms with Crippen LogP contribution in [0.3, 0.4) is 0 Å². The molecule has 104 valence electrons. The standard InChI is InChI=1S/C13H23NO3S/c1-5-7-12-14(11(15)6-2)10(8-18-12)13(16)17-9(3)4/h9-10,12H,5-8H2,1-4H3. The van der Waals surface area contributed by atoms with Crippen molar-refractivity contribution in [3.05, 3.63) is 0 Å². The van der Waals surface area contributed by atoms with Gasteiger partial charge < -0.3 is 9.64 Å². The average molecular weight is 273 g/mol. The summed E-state index contributed by atoms with van der Waals surface area (Å²) in [5.41, 5.74) is 0. The number of hydrogen-bond donors (Lipinski definition) is 0. The van der Waals surface area contributed by atoms with Gasteiger partial charge in [-0.3, -0.25) is 4.79 Å². The lowest BCUT2D eigenvalue weighted by Gasteiger charge is -2.28. The van der Waals surface area contributed by atoms with Gasteiger partial charge in [0.15, 0.2) is 0 Å². The zero-order valence-corrected chi connectivity index (χ0v) is 12.5. The van der Waals surface area contributed by atoms with Crippen molar-refractivity contribution in [3.63, 3.8) is 0 Å². The van der Waals surface area contributed by atoms with Crippen LogP contribution in [0.4, 0.5) is 0 Å². The SMILES string of the molecule is CCCC1SCC(C(=O)OC(C)C)N1C(=O)CC. The average Bonchev–Trinajstić information content (AvgIpc) is 2.71. The summed E-state index contributed by atoms with van der Waals surface area (Å²) in [5.74, 6) is 0.434. The maximum absolute atomic E-state index is 12.0. The Morgan fingerprint density at radius 2 is 2.06 bits per heavy atom. The van der Waals surface area contributed by atoms with Gasteiger partial charge in [0.05, 0.1) is 11.5 Å². The van der Waals surface area contributed by atoms with Gasteiger partial charge in [0.1, 0.15) is 6.04 Å². The van der Waals surface area contributed by atoms with Gasteiger partial charge >= 0.3 is 5.97 Å². The van der Waals surface area contributed by atoms with Crippen LogP contribution >= 0.6 is 11.8 Å². The molecule has 1 aliphatic heterocycles. The Kier molecular flexibility index (Phi) is 5.99. The molecule has 1 saturated heterocycles. The fourth-order valence-corrected chi connectivity index (χ4v) is 3.57. The molecule has 0 aliphatic carbocycles. The number of carbonyl (C=O) groups excluding carboxylic acids is 2. The number of carbonyl (C=O) groups is 2. The monoisotopic (exact) mass is 273 g/mol. The second-order valence-electron chi connectivity index (χ2n) is 4.73. The van der Waals surface area contributed by atoms with Crippen molar-refractivity contribution < 1.29 is 14.3 Å². The number of nitrogens with zero attached hydrogens (tertiary/aromatic N) is 1. The highest BCUT2D eigenvalue weighted by Gasteiger charge is 2.41. The van der Waals surface area contributed by atoms with Crippen LogP contribution in [0.25, 0.3) is 0 Å². The Morgan fingerprint density at radius 3 is 2.56 bits per heavy atom. The number of esters is 1. The maximum Gasteiger partial charge on any atom is 0.330 e. The zero-order valence-electron chi connectivity index (χ0n) is 11.6. The number of ether oxygens (including phenoxy) is 1. The maximum atomic E-state index is 12.0. The van der Waals surface area contributed by atoms with Gasteiger partial charge in [0.25, 0.3) is 0 Å². The molecule has 1 fully saturated rings. The van der Waals surface area contributed by atoms with Gasteiger partial charge in [-0.05, 0) is 20.3 Å². The Labute approximate surface area is 113 Å². The summed E-state index contributed by atoms with van der Waals surface area (Å²) >= 11 is 1.69. The normalized spacial score (nSPS) is 23.5. The molecule has 1 amide bonds. The summed E-state index contributed by atoms with van der Waals surface area (Å²) in [6.07, 6.45) is 2.25. The summed E-state index contributed by atoms with van der Waals surface area (Å²) in [6.45, 7) is 7.58. The van der Waals surface area contributed by atoms with Crippen molar-refractivity contribution in [2.24, 2.45) is 0 Å². The van der Waals surface area contributed by atoms with Crippen LogP contribution in [0, 0.1) is 0 Å². The predicted octanol–water partition coefficient (Wildman–Crippen LogP) is 2.42. The smallest absolute Gasteiger partial charge is 0.330 e. The van der Waals surface area contributed by atoms with E-state index in [0.29, 0.717) is 12.2 Å². The lowest BCUT2D eigenvalue weighted by molar-refractivity contribution is -0.157. The summed E-state index contributed by atoms with van der Waals surface area (Å²) in [7, 11) is 0. The van der Waals surface area contributed by atoms with Crippen molar-refractivity contribution in [2.45, 2.75) is 64.5 Å². The Morgan fingerprint density at radius 1 is 1.39 bits per heavy atom. The molecule has 1 rings (SSSR count). The molecule has 0 aromatic rings. The first-order chi connectivity index (χ1) is 8.51. The first kappa shape index (κ1) is 15.3. The molecule has 0 aromatic heterocycles. The highest BCUT2D eigenvalue weighted by Crippen LogP contribution is 2.33. The van der Waals surface area contributed by atoms with E-state index in [-0.39, 0.29) is 23.4 Å². The second-order valence-corrected chi connectivity index (χ2v) is 5.94. The van der Waals surface area contributed by atoms with Crippen LogP contribution in [-0.2, 0) is 14.3 Å². The van der Waals surface area contributed by atoms with E-state index in [1.807, 2.05) is 20.8 Å². The molecule has 0 aromatic carbocycles. The van der Waals surface area contributed by atoms with Crippen molar-refractivity contribution >= 4 is 23.6 Å². The molecule has 0 N–H and O–H groups in total. The number of thioether (sulfide) groups is 1. The molecule has 0 spiro atoms. The van der Waals surface area contributed by atoms with Gasteiger partial charge in [-0.1, -0.05) is 20.3 Å². The van der Waals surface area contributed by atoms with Crippen LogP contribution in [0.15, 0.2) is 0 Å². The minimum absolute atomic E-state index is 0.0455. The third-order valence-electron chi connectivity index (χ3n) is 2.84. The van der Waals surface area contributed by atoms with Gasteiger partial charge in [0, 0.05) is 12.2 Å². The number of rotatable bonds is 5. The third kappa shape index (κ3) is 3.64. The fraction of sp³-hybridized carbons (Fsp3) is 0.846. The van der Waals surface area contributed by atoms with E-state index in [1.165, 1.54) is 0 Å². The largest absolute Gasteiger partial charge is 0.461 e. The predicted molar refractivity (Wildman–Crippen MR) is 73.3 cm³/mol. The summed E-state index contributed by atoms with van der Waals surface area (Å²) in [5, 5.41) is 0.132. The van der Waals surface area contributed by atoms with Crippen molar-refractivity contribution in [1.29, 1.82) is 0 Å². The van der Waals surface area contributed by atoms with Crippen LogP contribution in [0.2, 0.25) is 0 Å². The van der Waals surface area contributed by atoms with Crippen LogP contribution in [-0.4, -0.2) is 40.0 Å². The molecule has 2 atom stereocenters. The molecule has 4 nitrogen and oxygen atoms in total. The van der Waals surface area contributed by atoms with Crippen LogP contribution < -0.4 is 0 Å². The third-order valence-corrected chi connectivity index (χ3v) is 4.20. The molecule has 0 radical (unpaired) electrons. The van der Waals surface area contributed by atoms with E-state index < -0.39 is 6.04 Å². The first-order valence-electron chi connectivity index (χ1n) is 6.64. The van der Waals surface area contributed by atoms with E-state index in [1.54, 1.807) is 16.7 Å². The minimum atomic E-state index is -0.401. The highest BCUT2D eigenvalue weighted by molar-refractivity contribution is 8.00. The number of hydrogen-bond acceptors (Lipinski definition) is 4. The van der Waals surface area contributed by atoms with E-state index in [4.69, 9.17) is 4.74 Å². The topological polar surface area (TPSA) is 46.6 Å². The van der Waals surface area contributed by atoms with Crippen LogP contribution in [0.5, 0.6) is 0 Å². The van der Waals surface area contributed by atoms with Gasteiger partial charge in [-0.2, -0.15) is 0 Å². The lowest BCUT2D eigenvalue weighted by atomic mass is 10.2. The fourth-order valence-electron chi connectivity index (χ4n) is 2.04. The number of amides is 1. The molecule has 5 heteroatoms. The van der Waals surface area contributed by atoms with Crippen molar-refractivity contribution in [3.8, 4) is 0 Å². The van der Waals surface area contributed by atoms with Gasteiger partial charge in [0.2, 0.25) is 5.91 Å². The summed E-state index contributed by atoms with van der Waals surface area (Å²) in [6, 6.07) is -0.401. The highest BCUT2D eigenvalue weighted by atomic mass is 32.2. The minimum Gasteiger partial charge on any atom is -0.461 e. The Hall–Kier alpha value is -0.710. The van der Waals surface area contributed by atoms with Crippen LogP contribution in [0.1, 0.15) is 47.0 Å². The quantitative estimate of drug-likeness (QED) is 0.722. The molecular weight excluding hydrogens is 250 g/mol. The van der Waals surface area contributed by atoms with E-state index in [0.717, 1.165) is 12.8 Å². The molecule has 18 heavy (non-hydrogen) atoms. The van der Waals surface area contributed by atoms with E-state index >= 15 is 0 Å². The summed E-state index contributed by atoms with van der Waals surface area (Å²) < 4.78 is 5.24. The molecule has 0 saturated carbocycles. The van der Waals surface area contributed by atoms with E-state index in [9.17, 15) is 9.59 Å². The first-order valence-corrected chi connectivity index (χ1v) is 7.69. The summed E-state index contributed by atoms with van der Waals surface area (Å²) in [4.78, 5) is 25.7. The van der Waals surface area contributed by atoms with Crippen molar-refractivity contribution in [1.82, 2.24) is 4.90 Å². The Balaban J connectivity index is 2.77. The molecular formula is C13H23NO3S. The van der Waals surface area contributed by atoms with Crippen molar-refractivity contribution in [2.75, 3.05) is 5.75 Å². The van der Waals surface area contributed by atoms with Gasteiger partial charge in [-0.15, -0.1) is 11.8 Å². The molecule has 0 bridgehead atoms. The molecule has 2 unspecified atom stereocenters. The van der Waals surface area contributed by atoms with E-state index in [2.05, 4.69) is 6.92 Å². The lowest BCUT2D eigenvalue weighted by Crippen LogP contribution is -2.46. The molecule has 1 heterocycles. The molecule has 1 aliphatic rings. The zero-order chi connectivity index (χ0) is 13.7. The Bertz CT molecular complexity index is 307. The second kappa shape index (κ2) is 7.02. The van der Waals surface area contributed by atoms with Gasteiger partial charge in [-0.25, -0.2) is 4.79 Å².